The van der Waals surface area contributed by atoms with Gasteiger partial charge in [0.25, 0.3) is 0 Å². The average Bonchev–Trinajstić information content (AvgIpc) is 3.05. The highest BCUT2D eigenvalue weighted by Crippen LogP contribution is 2.35. The molecule has 2 aliphatic heterocycles. The van der Waals surface area contributed by atoms with Gasteiger partial charge in [0.1, 0.15) is 0 Å². The van der Waals surface area contributed by atoms with E-state index in [0.717, 1.165) is 19.5 Å². The molecular formula is C19H28N2O2. The van der Waals surface area contributed by atoms with Gasteiger partial charge >= 0.3 is 6.09 Å². The summed E-state index contributed by atoms with van der Waals surface area (Å²) < 4.78 is 4.91. The fourth-order valence-electron chi connectivity index (χ4n) is 3.71. The van der Waals surface area contributed by atoms with E-state index < -0.39 is 0 Å². The first-order valence-electron chi connectivity index (χ1n) is 8.62. The standard InChI is InChI=1S/C19H28N2O2/c1-19(2,3)14-10-13-12-21(18(22)23-4)9-7-15(13)16(11-14)17-6-5-8-20-17/h10-11,17,20H,5-9,12H2,1-4H3/t17-/m0/s1. The first kappa shape index (κ1) is 16.3. The molecule has 1 aromatic rings. The van der Waals surface area contributed by atoms with E-state index in [2.05, 4.69) is 38.2 Å². The van der Waals surface area contributed by atoms with E-state index in [0.29, 0.717) is 12.6 Å². The molecule has 0 aliphatic carbocycles. The van der Waals surface area contributed by atoms with Gasteiger partial charge in [-0.15, -0.1) is 0 Å². The molecule has 1 aromatic carbocycles. The molecule has 126 valence electrons. The van der Waals surface area contributed by atoms with Crippen LogP contribution in [0.25, 0.3) is 0 Å². The first-order chi connectivity index (χ1) is 10.9. The summed E-state index contributed by atoms with van der Waals surface area (Å²) in [6, 6.07) is 5.16. The minimum Gasteiger partial charge on any atom is -0.453 e. The number of nitrogens with one attached hydrogen (secondary N) is 1. The topological polar surface area (TPSA) is 41.6 Å². The van der Waals surface area contributed by atoms with Crippen molar-refractivity contribution < 1.29 is 9.53 Å². The van der Waals surface area contributed by atoms with Crippen molar-refractivity contribution in [3.8, 4) is 0 Å². The Hall–Kier alpha value is -1.55. The molecule has 0 unspecified atom stereocenters. The summed E-state index contributed by atoms with van der Waals surface area (Å²) in [4.78, 5) is 13.7. The molecular weight excluding hydrogens is 288 g/mol. The van der Waals surface area contributed by atoms with Crippen LogP contribution in [0.5, 0.6) is 0 Å². The number of methoxy groups -OCH3 is 1. The summed E-state index contributed by atoms with van der Waals surface area (Å²) in [5, 5.41) is 3.64. The van der Waals surface area contributed by atoms with E-state index in [4.69, 9.17) is 4.74 Å². The number of ether oxygens (including phenoxy) is 1. The van der Waals surface area contributed by atoms with Gasteiger partial charge < -0.3 is 15.0 Å². The number of carbonyl (C=O) groups excluding carboxylic acids is 1. The number of rotatable bonds is 1. The maximum absolute atomic E-state index is 11.9. The Kier molecular flexibility index (Phi) is 4.37. The number of benzene rings is 1. The molecule has 2 heterocycles. The average molecular weight is 316 g/mol. The first-order valence-corrected chi connectivity index (χ1v) is 8.62. The monoisotopic (exact) mass is 316 g/mol. The fourth-order valence-corrected chi connectivity index (χ4v) is 3.71. The SMILES string of the molecule is COC(=O)N1CCc2c(cc(C(C)(C)C)cc2[C@@H]2CCCN2)C1. The van der Waals surface area contributed by atoms with Crippen molar-refractivity contribution in [2.24, 2.45) is 0 Å². The van der Waals surface area contributed by atoms with E-state index in [1.165, 1.54) is 42.2 Å². The van der Waals surface area contributed by atoms with Gasteiger partial charge in [0.15, 0.2) is 0 Å². The van der Waals surface area contributed by atoms with Gasteiger partial charge in [-0.3, -0.25) is 0 Å². The lowest BCUT2D eigenvalue weighted by molar-refractivity contribution is 0.118. The number of fused-ring (bicyclic) bond motifs is 1. The van der Waals surface area contributed by atoms with Crippen LogP contribution in [-0.2, 0) is 23.1 Å². The van der Waals surface area contributed by atoms with Crippen molar-refractivity contribution in [3.05, 3.63) is 34.4 Å². The fraction of sp³-hybridized carbons (Fsp3) is 0.632. The molecule has 3 rings (SSSR count). The molecule has 1 amide bonds. The van der Waals surface area contributed by atoms with E-state index in [9.17, 15) is 4.79 Å². The Morgan fingerprint density at radius 2 is 2.13 bits per heavy atom. The number of hydrogen-bond acceptors (Lipinski definition) is 3. The van der Waals surface area contributed by atoms with Crippen LogP contribution in [-0.4, -0.2) is 31.2 Å². The Bertz CT molecular complexity index is 598. The van der Waals surface area contributed by atoms with Crippen LogP contribution in [0.4, 0.5) is 4.79 Å². The summed E-state index contributed by atoms with van der Waals surface area (Å²) >= 11 is 0. The summed E-state index contributed by atoms with van der Waals surface area (Å²) in [6.45, 7) is 9.26. The summed E-state index contributed by atoms with van der Waals surface area (Å²) in [5.41, 5.74) is 5.65. The van der Waals surface area contributed by atoms with Crippen molar-refractivity contribution in [1.29, 1.82) is 0 Å². The van der Waals surface area contributed by atoms with Gasteiger partial charge in [0, 0.05) is 19.1 Å². The molecule has 4 nitrogen and oxygen atoms in total. The van der Waals surface area contributed by atoms with E-state index in [1.54, 1.807) is 4.90 Å². The lowest BCUT2D eigenvalue weighted by Gasteiger charge is -2.33. The molecule has 1 saturated heterocycles. The van der Waals surface area contributed by atoms with Gasteiger partial charge in [-0.05, 0) is 53.5 Å². The Labute approximate surface area is 139 Å². The third-order valence-electron chi connectivity index (χ3n) is 5.10. The minimum atomic E-state index is -0.225. The highest BCUT2D eigenvalue weighted by molar-refractivity contribution is 5.68. The van der Waals surface area contributed by atoms with Gasteiger partial charge in [-0.1, -0.05) is 32.9 Å². The lowest BCUT2D eigenvalue weighted by atomic mass is 9.80. The highest BCUT2D eigenvalue weighted by Gasteiger charge is 2.29. The summed E-state index contributed by atoms with van der Waals surface area (Å²) in [6.07, 6.45) is 3.15. The highest BCUT2D eigenvalue weighted by atomic mass is 16.5. The number of amides is 1. The zero-order chi connectivity index (χ0) is 16.6. The quantitative estimate of drug-likeness (QED) is 0.862. The molecule has 0 saturated carbocycles. The van der Waals surface area contributed by atoms with Crippen LogP contribution >= 0.6 is 0 Å². The smallest absolute Gasteiger partial charge is 0.409 e. The van der Waals surface area contributed by atoms with Gasteiger partial charge in [0.2, 0.25) is 0 Å². The molecule has 2 aliphatic rings. The predicted octanol–water partition coefficient (Wildman–Crippen LogP) is 3.53. The van der Waals surface area contributed by atoms with Crippen LogP contribution in [0, 0.1) is 0 Å². The lowest BCUT2D eigenvalue weighted by Crippen LogP contribution is -2.37. The number of nitrogens with zero attached hydrogens (tertiary/aromatic N) is 1. The Balaban J connectivity index is 2.02. The Morgan fingerprint density at radius 3 is 2.74 bits per heavy atom. The molecule has 0 spiro atoms. The second kappa shape index (κ2) is 6.16. The molecule has 1 fully saturated rings. The van der Waals surface area contributed by atoms with Crippen LogP contribution in [0.15, 0.2) is 12.1 Å². The maximum atomic E-state index is 11.9. The molecule has 1 N–H and O–H groups in total. The van der Waals surface area contributed by atoms with Gasteiger partial charge in [-0.25, -0.2) is 4.79 Å². The third kappa shape index (κ3) is 3.23. The van der Waals surface area contributed by atoms with E-state index in [1.807, 2.05) is 0 Å². The van der Waals surface area contributed by atoms with Crippen molar-refractivity contribution in [2.45, 2.75) is 58.0 Å². The van der Waals surface area contributed by atoms with Gasteiger partial charge in [0.05, 0.1) is 7.11 Å². The zero-order valence-corrected chi connectivity index (χ0v) is 14.7. The Morgan fingerprint density at radius 1 is 1.35 bits per heavy atom. The predicted molar refractivity (Wildman–Crippen MR) is 91.6 cm³/mol. The second-order valence-corrected chi connectivity index (χ2v) is 7.74. The van der Waals surface area contributed by atoms with Crippen molar-refractivity contribution in [2.75, 3.05) is 20.2 Å². The van der Waals surface area contributed by atoms with Crippen molar-refractivity contribution in [3.63, 3.8) is 0 Å². The van der Waals surface area contributed by atoms with Gasteiger partial charge in [-0.2, -0.15) is 0 Å². The molecule has 1 atom stereocenters. The largest absolute Gasteiger partial charge is 0.453 e. The summed E-state index contributed by atoms with van der Waals surface area (Å²) in [7, 11) is 1.46. The van der Waals surface area contributed by atoms with E-state index >= 15 is 0 Å². The zero-order valence-electron chi connectivity index (χ0n) is 14.7. The normalized spacial score (nSPS) is 21.2. The molecule has 4 heteroatoms. The van der Waals surface area contributed by atoms with Crippen LogP contribution in [0.3, 0.4) is 0 Å². The van der Waals surface area contributed by atoms with Crippen molar-refractivity contribution in [1.82, 2.24) is 10.2 Å². The van der Waals surface area contributed by atoms with Crippen LogP contribution in [0.1, 0.15) is 61.9 Å². The minimum absolute atomic E-state index is 0.107. The molecule has 0 radical (unpaired) electrons. The molecule has 0 bridgehead atoms. The van der Waals surface area contributed by atoms with Crippen LogP contribution in [0.2, 0.25) is 0 Å². The molecule has 0 aromatic heterocycles. The summed E-state index contributed by atoms with van der Waals surface area (Å²) in [5.74, 6) is 0. The molecule has 23 heavy (non-hydrogen) atoms. The van der Waals surface area contributed by atoms with E-state index in [-0.39, 0.29) is 11.5 Å². The van der Waals surface area contributed by atoms with Crippen molar-refractivity contribution >= 4 is 6.09 Å². The maximum Gasteiger partial charge on any atom is 0.409 e. The second-order valence-electron chi connectivity index (χ2n) is 7.74. The van der Waals surface area contributed by atoms with Crippen LogP contribution < -0.4 is 5.32 Å². The third-order valence-corrected chi connectivity index (χ3v) is 5.10. The number of hydrogen-bond donors (Lipinski definition) is 1. The number of carbonyl (C=O) groups is 1.